The van der Waals surface area contributed by atoms with E-state index in [1.54, 1.807) is 4.90 Å². The third-order valence-electron chi connectivity index (χ3n) is 5.34. The maximum absolute atomic E-state index is 12.6. The normalized spacial score (nSPS) is 19.3. The molecular formula is C20H26N2O2. The largest absolute Gasteiger partial charge is 0.347 e. The maximum Gasteiger partial charge on any atom is 0.251 e. The van der Waals surface area contributed by atoms with E-state index in [-0.39, 0.29) is 17.4 Å². The summed E-state index contributed by atoms with van der Waals surface area (Å²) in [7, 11) is 0. The number of carbonyl (C=O) groups is 2. The second kappa shape index (κ2) is 6.80. The molecule has 1 aliphatic carbocycles. The van der Waals surface area contributed by atoms with Crippen molar-refractivity contribution in [1.82, 2.24) is 10.2 Å². The van der Waals surface area contributed by atoms with Gasteiger partial charge >= 0.3 is 0 Å². The van der Waals surface area contributed by atoms with Crippen molar-refractivity contribution in [1.29, 1.82) is 0 Å². The van der Waals surface area contributed by atoms with E-state index in [1.807, 2.05) is 18.2 Å². The van der Waals surface area contributed by atoms with Gasteiger partial charge in [0, 0.05) is 24.2 Å². The highest BCUT2D eigenvalue weighted by atomic mass is 16.2. The average Bonchev–Trinajstić information content (AvgIpc) is 2.60. The van der Waals surface area contributed by atoms with Crippen LogP contribution in [0.2, 0.25) is 0 Å². The van der Waals surface area contributed by atoms with Crippen LogP contribution in [0.4, 0.5) is 0 Å². The smallest absolute Gasteiger partial charge is 0.251 e. The van der Waals surface area contributed by atoms with E-state index >= 15 is 0 Å². The molecule has 4 heteroatoms. The lowest BCUT2D eigenvalue weighted by Gasteiger charge is -2.34. The Morgan fingerprint density at radius 1 is 1.21 bits per heavy atom. The van der Waals surface area contributed by atoms with Crippen molar-refractivity contribution in [3.05, 3.63) is 47.5 Å². The first kappa shape index (κ1) is 16.7. The summed E-state index contributed by atoms with van der Waals surface area (Å²) in [6.45, 7) is 6.98. The summed E-state index contributed by atoms with van der Waals surface area (Å²) < 4.78 is 0. The fourth-order valence-corrected chi connectivity index (χ4v) is 3.81. The van der Waals surface area contributed by atoms with Gasteiger partial charge < -0.3 is 10.2 Å². The van der Waals surface area contributed by atoms with Crippen molar-refractivity contribution in [2.24, 2.45) is 0 Å². The number of rotatable bonds is 3. The van der Waals surface area contributed by atoms with Gasteiger partial charge in [0.2, 0.25) is 5.91 Å². The Morgan fingerprint density at radius 3 is 2.67 bits per heavy atom. The number of hydrogen-bond donors (Lipinski definition) is 1. The summed E-state index contributed by atoms with van der Waals surface area (Å²) in [5, 5.41) is 3.24. The van der Waals surface area contributed by atoms with Gasteiger partial charge in [-0.05, 0) is 55.5 Å². The van der Waals surface area contributed by atoms with Gasteiger partial charge in [-0.15, -0.1) is 0 Å². The molecule has 0 spiro atoms. The highest BCUT2D eigenvalue weighted by molar-refractivity contribution is 5.95. The summed E-state index contributed by atoms with van der Waals surface area (Å²) in [5.41, 5.74) is 2.95. The quantitative estimate of drug-likeness (QED) is 0.867. The molecule has 1 N–H and O–H groups in total. The van der Waals surface area contributed by atoms with E-state index < -0.39 is 0 Å². The van der Waals surface area contributed by atoms with Crippen LogP contribution >= 0.6 is 0 Å². The molecule has 0 radical (unpaired) electrons. The molecular weight excluding hydrogens is 300 g/mol. The highest BCUT2D eigenvalue weighted by Gasteiger charge is 2.29. The molecule has 3 rings (SSSR count). The molecule has 2 aliphatic rings. The lowest BCUT2D eigenvalue weighted by Crippen LogP contribution is -2.47. The first-order chi connectivity index (χ1) is 11.5. The van der Waals surface area contributed by atoms with Crippen LogP contribution in [0, 0.1) is 0 Å². The molecule has 1 aromatic carbocycles. The second-order valence-corrected chi connectivity index (χ2v) is 7.27. The second-order valence-electron chi connectivity index (χ2n) is 7.27. The molecule has 2 amide bonds. The van der Waals surface area contributed by atoms with Crippen molar-refractivity contribution in [3.63, 3.8) is 0 Å². The molecule has 1 aliphatic heterocycles. The summed E-state index contributed by atoms with van der Waals surface area (Å²) in [5.74, 6) is -0.0144. The molecule has 1 fully saturated rings. The van der Waals surface area contributed by atoms with Gasteiger partial charge in [-0.1, -0.05) is 31.9 Å². The van der Waals surface area contributed by atoms with Gasteiger partial charge in [-0.25, -0.2) is 0 Å². The first-order valence-electron chi connectivity index (χ1n) is 8.86. The number of nitrogens with one attached hydrogen (secondary N) is 1. The van der Waals surface area contributed by atoms with Crippen LogP contribution in [0.1, 0.15) is 60.5 Å². The van der Waals surface area contributed by atoms with E-state index in [0.29, 0.717) is 13.1 Å². The van der Waals surface area contributed by atoms with Crippen molar-refractivity contribution < 1.29 is 9.59 Å². The fraction of sp³-hybridized carbons (Fsp3) is 0.500. The molecule has 0 atom stereocenters. The minimum Gasteiger partial charge on any atom is -0.347 e. The molecule has 24 heavy (non-hydrogen) atoms. The lowest BCUT2D eigenvalue weighted by atomic mass is 9.83. The molecule has 1 aromatic rings. The van der Waals surface area contributed by atoms with Crippen LogP contribution in [0.5, 0.6) is 0 Å². The van der Waals surface area contributed by atoms with Gasteiger partial charge in [0.1, 0.15) is 0 Å². The topological polar surface area (TPSA) is 49.4 Å². The Labute approximate surface area is 143 Å². The first-order valence-corrected chi connectivity index (χ1v) is 8.86. The van der Waals surface area contributed by atoms with Gasteiger partial charge in [-0.2, -0.15) is 0 Å². The van der Waals surface area contributed by atoms with Gasteiger partial charge in [0.25, 0.3) is 5.91 Å². The molecule has 0 bridgehead atoms. The van der Waals surface area contributed by atoms with E-state index in [0.717, 1.165) is 30.4 Å². The van der Waals surface area contributed by atoms with E-state index in [1.165, 1.54) is 30.9 Å². The van der Waals surface area contributed by atoms with Crippen molar-refractivity contribution in [2.75, 3.05) is 6.54 Å². The predicted octanol–water partition coefficient (Wildman–Crippen LogP) is 3.21. The molecule has 1 saturated carbocycles. The number of amides is 2. The van der Waals surface area contributed by atoms with Crippen molar-refractivity contribution in [2.45, 2.75) is 57.5 Å². The Balaban J connectivity index is 1.71. The number of carbonyl (C=O) groups excluding carboxylic acids is 2. The summed E-state index contributed by atoms with van der Waals surface area (Å²) >= 11 is 0. The number of fused-ring (bicyclic) bond motifs is 1. The summed E-state index contributed by atoms with van der Waals surface area (Å²) in [6, 6.07) is 5.85. The zero-order valence-corrected chi connectivity index (χ0v) is 14.4. The van der Waals surface area contributed by atoms with E-state index in [2.05, 4.69) is 18.8 Å². The summed E-state index contributed by atoms with van der Waals surface area (Å²) in [4.78, 5) is 26.2. The third-order valence-corrected chi connectivity index (χ3v) is 5.34. The molecule has 0 aromatic heterocycles. The Kier molecular flexibility index (Phi) is 4.74. The van der Waals surface area contributed by atoms with Gasteiger partial charge in [0.15, 0.2) is 0 Å². The Morgan fingerprint density at radius 2 is 1.96 bits per heavy atom. The highest BCUT2D eigenvalue weighted by Crippen LogP contribution is 2.28. The van der Waals surface area contributed by atoms with Gasteiger partial charge in [-0.3, -0.25) is 9.59 Å². The summed E-state index contributed by atoms with van der Waals surface area (Å²) in [6.07, 6.45) is 7.90. The Bertz CT molecular complexity index is 660. The van der Waals surface area contributed by atoms with Crippen LogP contribution in [-0.2, 0) is 17.8 Å². The number of hydrogen-bond acceptors (Lipinski definition) is 2. The molecule has 4 nitrogen and oxygen atoms in total. The van der Waals surface area contributed by atoms with Crippen molar-refractivity contribution in [3.8, 4) is 0 Å². The fourth-order valence-electron chi connectivity index (χ4n) is 3.81. The van der Waals surface area contributed by atoms with Crippen LogP contribution < -0.4 is 5.32 Å². The maximum atomic E-state index is 12.6. The van der Waals surface area contributed by atoms with Crippen LogP contribution in [0.15, 0.2) is 30.9 Å². The minimum absolute atomic E-state index is 0.0202. The molecule has 0 unspecified atom stereocenters. The average molecular weight is 326 g/mol. The van der Waals surface area contributed by atoms with E-state index in [4.69, 9.17) is 0 Å². The number of nitrogens with zero attached hydrogens (tertiary/aromatic N) is 1. The third kappa shape index (κ3) is 3.53. The SMILES string of the molecule is C=CC(=O)N1CCc2cc(C(=O)NC3(C)CCCCC3)ccc2C1. The lowest BCUT2D eigenvalue weighted by molar-refractivity contribution is -0.126. The predicted molar refractivity (Wildman–Crippen MR) is 94.7 cm³/mol. The zero-order chi connectivity index (χ0) is 17.2. The van der Waals surface area contributed by atoms with E-state index in [9.17, 15) is 9.59 Å². The molecule has 0 saturated heterocycles. The molecule has 128 valence electrons. The zero-order valence-electron chi connectivity index (χ0n) is 14.4. The molecule has 1 heterocycles. The Hall–Kier alpha value is -2.10. The van der Waals surface area contributed by atoms with Crippen molar-refractivity contribution >= 4 is 11.8 Å². The number of benzene rings is 1. The minimum atomic E-state index is -0.0710. The van der Waals surface area contributed by atoms with Gasteiger partial charge in [0.05, 0.1) is 0 Å². The standard InChI is InChI=1S/C20H26N2O2/c1-3-18(23)22-12-9-15-13-16(7-8-17(15)14-22)19(24)21-20(2)10-5-4-6-11-20/h3,7-8,13H,1,4-6,9-12,14H2,2H3,(H,21,24). The monoisotopic (exact) mass is 326 g/mol. The van der Waals surface area contributed by atoms with Crippen LogP contribution in [0.3, 0.4) is 0 Å². The van der Waals surface area contributed by atoms with Crippen LogP contribution in [-0.4, -0.2) is 28.8 Å². The van der Waals surface area contributed by atoms with Crippen LogP contribution in [0.25, 0.3) is 0 Å².